The van der Waals surface area contributed by atoms with E-state index in [4.69, 9.17) is 9.84 Å². The van der Waals surface area contributed by atoms with Gasteiger partial charge in [0.05, 0.1) is 0 Å². The second kappa shape index (κ2) is 6.76. The molecule has 0 aliphatic heterocycles. The van der Waals surface area contributed by atoms with Gasteiger partial charge in [0.25, 0.3) is 0 Å². The van der Waals surface area contributed by atoms with Crippen LogP contribution in [0.4, 0.5) is 0 Å². The first-order valence-electron chi connectivity index (χ1n) is 6.82. The molecule has 0 atom stereocenters. The molecule has 0 bridgehead atoms. The minimum absolute atomic E-state index is 0.105. The average molecular weight is 300 g/mol. The molecule has 0 aromatic heterocycles. The number of hydrogen-bond donors (Lipinski definition) is 2. The Balaban J connectivity index is 1.99. The molecule has 2 N–H and O–H groups in total. The summed E-state index contributed by atoms with van der Waals surface area (Å²) in [6.07, 6.45) is 0.879. The van der Waals surface area contributed by atoms with E-state index >= 15 is 0 Å². The fourth-order valence-electron chi connectivity index (χ4n) is 1.91. The van der Waals surface area contributed by atoms with Crippen LogP contribution in [0.2, 0.25) is 0 Å². The van der Waals surface area contributed by atoms with Crippen molar-refractivity contribution in [1.82, 2.24) is 0 Å². The second-order valence-electron chi connectivity index (χ2n) is 4.75. The predicted octanol–water partition coefficient (Wildman–Crippen LogP) is 2.70. The lowest BCUT2D eigenvalue weighted by Gasteiger charge is -2.06. The molecule has 2 aromatic carbocycles. The van der Waals surface area contributed by atoms with Crippen molar-refractivity contribution in [2.24, 2.45) is 0 Å². The molecule has 0 spiro atoms. The van der Waals surface area contributed by atoms with E-state index in [-0.39, 0.29) is 17.1 Å². The van der Waals surface area contributed by atoms with Crippen LogP contribution in [-0.4, -0.2) is 28.6 Å². The summed E-state index contributed by atoms with van der Waals surface area (Å²) in [5.41, 5.74) is 1.47. The SMILES string of the molecule is CCc1ccc(C(=O)COC(=O)c2ccc(O)cc2O)cc1. The van der Waals surface area contributed by atoms with Crippen molar-refractivity contribution < 1.29 is 24.5 Å². The van der Waals surface area contributed by atoms with Crippen LogP contribution < -0.4 is 0 Å². The van der Waals surface area contributed by atoms with Gasteiger partial charge in [-0.25, -0.2) is 4.79 Å². The zero-order valence-electron chi connectivity index (χ0n) is 12.1. The highest BCUT2D eigenvalue weighted by atomic mass is 16.5. The minimum atomic E-state index is -0.823. The van der Waals surface area contributed by atoms with E-state index in [1.807, 2.05) is 19.1 Å². The number of esters is 1. The maximum absolute atomic E-state index is 11.9. The highest BCUT2D eigenvalue weighted by molar-refractivity contribution is 6.00. The first-order chi connectivity index (χ1) is 10.5. The molecule has 0 saturated heterocycles. The third kappa shape index (κ3) is 3.63. The van der Waals surface area contributed by atoms with Gasteiger partial charge in [0, 0.05) is 11.6 Å². The number of ketones is 1. The molecular formula is C17H16O5. The normalized spacial score (nSPS) is 10.2. The van der Waals surface area contributed by atoms with Gasteiger partial charge in [-0.3, -0.25) is 4.79 Å². The monoisotopic (exact) mass is 300 g/mol. The van der Waals surface area contributed by atoms with E-state index < -0.39 is 18.3 Å². The molecule has 0 fully saturated rings. The number of aromatic hydroxyl groups is 2. The van der Waals surface area contributed by atoms with Crippen LogP contribution in [0.15, 0.2) is 42.5 Å². The van der Waals surface area contributed by atoms with Crippen LogP contribution >= 0.6 is 0 Å². The Morgan fingerprint density at radius 3 is 2.32 bits per heavy atom. The van der Waals surface area contributed by atoms with Crippen molar-refractivity contribution >= 4 is 11.8 Å². The third-order valence-electron chi connectivity index (χ3n) is 3.22. The van der Waals surface area contributed by atoms with Gasteiger partial charge in [-0.2, -0.15) is 0 Å². The largest absolute Gasteiger partial charge is 0.508 e. The van der Waals surface area contributed by atoms with Crippen molar-refractivity contribution in [3.63, 3.8) is 0 Å². The van der Waals surface area contributed by atoms with Crippen LogP contribution in [0.25, 0.3) is 0 Å². The van der Waals surface area contributed by atoms with Crippen LogP contribution in [0.3, 0.4) is 0 Å². The summed E-state index contributed by atoms with van der Waals surface area (Å²) in [4.78, 5) is 23.7. The fourth-order valence-corrected chi connectivity index (χ4v) is 1.91. The van der Waals surface area contributed by atoms with Gasteiger partial charge in [-0.05, 0) is 24.1 Å². The predicted molar refractivity (Wildman–Crippen MR) is 80.2 cm³/mol. The summed E-state index contributed by atoms with van der Waals surface area (Å²) in [6, 6.07) is 10.6. The average Bonchev–Trinajstić information content (AvgIpc) is 2.52. The van der Waals surface area contributed by atoms with Gasteiger partial charge in [-0.1, -0.05) is 31.2 Å². The van der Waals surface area contributed by atoms with E-state index in [0.29, 0.717) is 5.56 Å². The van der Waals surface area contributed by atoms with Crippen LogP contribution in [0.5, 0.6) is 11.5 Å². The zero-order chi connectivity index (χ0) is 16.1. The standard InChI is InChI=1S/C17H16O5/c1-2-11-3-5-12(6-4-11)16(20)10-22-17(21)14-8-7-13(18)9-15(14)19/h3-9,18-19H,2,10H2,1H3. The molecule has 114 valence electrons. The number of hydrogen-bond acceptors (Lipinski definition) is 5. The molecule has 0 aliphatic carbocycles. The topological polar surface area (TPSA) is 83.8 Å². The molecule has 5 nitrogen and oxygen atoms in total. The highest BCUT2D eigenvalue weighted by Gasteiger charge is 2.15. The van der Waals surface area contributed by atoms with Crippen molar-refractivity contribution in [1.29, 1.82) is 0 Å². The quantitative estimate of drug-likeness (QED) is 0.655. The molecular weight excluding hydrogens is 284 g/mol. The Kier molecular flexibility index (Phi) is 4.78. The zero-order valence-corrected chi connectivity index (χ0v) is 12.1. The molecule has 0 unspecified atom stereocenters. The number of aryl methyl sites for hydroxylation is 1. The second-order valence-corrected chi connectivity index (χ2v) is 4.75. The first kappa shape index (κ1) is 15.6. The Hall–Kier alpha value is -2.82. The third-order valence-corrected chi connectivity index (χ3v) is 3.22. The lowest BCUT2D eigenvalue weighted by molar-refractivity contribution is 0.0472. The van der Waals surface area contributed by atoms with Crippen LogP contribution in [0, 0.1) is 0 Å². The number of rotatable bonds is 5. The Labute approximate surface area is 127 Å². The van der Waals surface area contributed by atoms with E-state index in [9.17, 15) is 14.7 Å². The smallest absolute Gasteiger partial charge is 0.342 e. The number of Topliss-reactive ketones (excluding diaryl/α,β-unsaturated/α-hetero) is 1. The number of benzene rings is 2. The lowest BCUT2D eigenvalue weighted by Crippen LogP contribution is -2.14. The molecule has 5 heteroatoms. The van der Waals surface area contributed by atoms with Gasteiger partial charge in [0.15, 0.2) is 12.4 Å². The summed E-state index contributed by atoms with van der Waals surface area (Å²) in [6.45, 7) is 1.60. The van der Waals surface area contributed by atoms with E-state index in [0.717, 1.165) is 18.1 Å². The molecule has 2 aromatic rings. The number of phenolic OH excluding ortho intramolecular Hbond substituents is 2. The summed E-state index contributed by atoms with van der Waals surface area (Å²) >= 11 is 0. The van der Waals surface area contributed by atoms with E-state index in [2.05, 4.69) is 0 Å². The van der Waals surface area contributed by atoms with E-state index in [1.165, 1.54) is 12.1 Å². The van der Waals surface area contributed by atoms with Gasteiger partial charge < -0.3 is 14.9 Å². The number of phenols is 2. The van der Waals surface area contributed by atoms with Crippen molar-refractivity contribution in [3.05, 3.63) is 59.2 Å². The summed E-state index contributed by atoms with van der Waals surface area (Å²) in [7, 11) is 0. The fraction of sp³-hybridized carbons (Fsp3) is 0.176. The van der Waals surface area contributed by atoms with Gasteiger partial charge >= 0.3 is 5.97 Å². The maximum atomic E-state index is 11.9. The van der Waals surface area contributed by atoms with Crippen LogP contribution in [-0.2, 0) is 11.2 Å². The van der Waals surface area contributed by atoms with Crippen molar-refractivity contribution in [2.45, 2.75) is 13.3 Å². The highest BCUT2D eigenvalue weighted by Crippen LogP contribution is 2.23. The Morgan fingerprint density at radius 2 is 1.73 bits per heavy atom. The Morgan fingerprint density at radius 1 is 1.05 bits per heavy atom. The number of ether oxygens (including phenoxy) is 1. The first-order valence-corrected chi connectivity index (χ1v) is 6.82. The molecule has 0 amide bonds. The minimum Gasteiger partial charge on any atom is -0.508 e. The molecule has 0 radical (unpaired) electrons. The molecule has 0 heterocycles. The van der Waals surface area contributed by atoms with E-state index in [1.54, 1.807) is 12.1 Å². The van der Waals surface area contributed by atoms with Crippen molar-refractivity contribution in [2.75, 3.05) is 6.61 Å². The number of carbonyl (C=O) groups excluding carboxylic acids is 2. The van der Waals surface area contributed by atoms with Crippen molar-refractivity contribution in [3.8, 4) is 11.5 Å². The van der Waals surface area contributed by atoms with Gasteiger partial charge in [-0.15, -0.1) is 0 Å². The van der Waals surface area contributed by atoms with Gasteiger partial charge in [0.2, 0.25) is 0 Å². The van der Waals surface area contributed by atoms with Gasteiger partial charge in [0.1, 0.15) is 17.1 Å². The molecule has 22 heavy (non-hydrogen) atoms. The summed E-state index contributed by atoms with van der Waals surface area (Å²) in [5.74, 6) is -1.71. The lowest BCUT2D eigenvalue weighted by atomic mass is 10.1. The maximum Gasteiger partial charge on any atom is 0.342 e. The molecule has 0 aliphatic rings. The summed E-state index contributed by atoms with van der Waals surface area (Å²) < 4.78 is 4.89. The molecule has 2 rings (SSSR count). The summed E-state index contributed by atoms with van der Waals surface area (Å²) in [5, 5.41) is 18.7. The number of carbonyl (C=O) groups is 2. The Bertz CT molecular complexity index is 689. The molecule has 0 saturated carbocycles. The van der Waals surface area contributed by atoms with Crippen LogP contribution in [0.1, 0.15) is 33.2 Å².